The third-order valence-electron chi connectivity index (χ3n) is 3.31. The second kappa shape index (κ2) is 6.98. The van der Waals surface area contributed by atoms with E-state index in [1.54, 1.807) is 24.3 Å². The van der Waals surface area contributed by atoms with Crippen LogP contribution in [0.3, 0.4) is 0 Å². The Morgan fingerprint density at radius 2 is 1.75 bits per heavy atom. The number of ether oxygens (including phenoxy) is 1. The zero-order valence-corrected chi connectivity index (χ0v) is 14.2. The number of carbonyl (C=O) groups is 1. The molecule has 2 aromatic carbocycles. The Morgan fingerprint density at radius 3 is 2.29 bits per heavy atom. The summed E-state index contributed by atoms with van der Waals surface area (Å²) in [5.41, 5.74) is 0.0785. The lowest BCUT2D eigenvalue weighted by Gasteiger charge is -2.13. The molecule has 0 aromatic heterocycles. The second-order valence-electron chi connectivity index (χ2n) is 5.11. The van der Waals surface area contributed by atoms with Crippen LogP contribution >= 0.6 is 0 Å². The molecule has 0 aliphatic carbocycles. The summed E-state index contributed by atoms with van der Waals surface area (Å²) < 4.78 is 44.2. The maximum Gasteiger partial charge on any atom is 0.258 e. The van der Waals surface area contributed by atoms with E-state index in [1.165, 1.54) is 21.2 Å². The van der Waals surface area contributed by atoms with Crippen LogP contribution in [0.1, 0.15) is 10.4 Å². The fraction of sp³-hybridized carbons (Fsp3) is 0.188. The van der Waals surface area contributed by atoms with E-state index >= 15 is 0 Å². The Kier molecular flexibility index (Phi) is 5.20. The predicted octanol–water partition coefficient (Wildman–Crippen LogP) is 2.34. The van der Waals surface area contributed by atoms with E-state index in [2.05, 4.69) is 5.32 Å². The molecule has 6 nitrogen and oxygen atoms in total. The Balaban J connectivity index is 2.31. The lowest BCUT2D eigenvalue weighted by molar-refractivity contribution is 0.102. The minimum absolute atomic E-state index is 0.159. The third-order valence-corrected chi connectivity index (χ3v) is 5.12. The molecule has 0 radical (unpaired) electrons. The number of anilines is 1. The summed E-state index contributed by atoms with van der Waals surface area (Å²) in [6.07, 6.45) is 0. The third kappa shape index (κ3) is 3.72. The summed E-state index contributed by atoms with van der Waals surface area (Å²) >= 11 is 0. The molecule has 24 heavy (non-hydrogen) atoms. The van der Waals surface area contributed by atoms with Crippen molar-refractivity contribution in [2.24, 2.45) is 0 Å². The first kappa shape index (κ1) is 17.9. The fourth-order valence-corrected chi connectivity index (χ4v) is 2.85. The topological polar surface area (TPSA) is 75.7 Å². The van der Waals surface area contributed by atoms with Crippen molar-refractivity contribution in [3.8, 4) is 5.75 Å². The molecule has 0 spiro atoms. The van der Waals surface area contributed by atoms with Crippen LogP contribution in [0.4, 0.5) is 10.1 Å². The van der Waals surface area contributed by atoms with Crippen LogP contribution in [-0.2, 0) is 10.0 Å². The van der Waals surface area contributed by atoms with Crippen LogP contribution in [0.25, 0.3) is 0 Å². The molecule has 0 fully saturated rings. The Labute approximate surface area is 139 Å². The predicted molar refractivity (Wildman–Crippen MR) is 88.2 cm³/mol. The van der Waals surface area contributed by atoms with Gasteiger partial charge in [0.15, 0.2) is 0 Å². The van der Waals surface area contributed by atoms with Crippen LogP contribution in [0.5, 0.6) is 5.75 Å². The van der Waals surface area contributed by atoms with Crippen molar-refractivity contribution in [3.05, 3.63) is 53.8 Å². The van der Waals surface area contributed by atoms with Crippen molar-refractivity contribution in [3.63, 3.8) is 0 Å². The first-order valence-corrected chi connectivity index (χ1v) is 8.37. The minimum Gasteiger partial charge on any atom is -0.497 e. The van der Waals surface area contributed by atoms with Crippen molar-refractivity contribution in [2.75, 3.05) is 26.5 Å². The molecule has 0 atom stereocenters. The van der Waals surface area contributed by atoms with Gasteiger partial charge in [-0.15, -0.1) is 0 Å². The molecule has 8 heteroatoms. The highest BCUT2D eigenvalue weighted by Gasteiger charge is 2.21. The van der Waals surface area contributed by atoms with Gasteiger partial charge >= 0.3 is 0 Å². The van der Waals surface area contributed by atoms with Gasteiger partial charge in [0.2, 0.25) is 10.0 Å². The minimum atomic E-state index is -3.76. The normalized spacial score (nSPS) is 11.4. The summed E-state index contributed by atoms with van der Waals surface area (Å²) in [6, 6.07) is 9.56. The lowest BCUT2D eigenvalue weighted by atomic mass is 10.2. The van der Waals surface area contributed by atoms with Gasteiger partial charge in [0.25, 0.3) is 5.91 Å². The number of amides is 1. The van der Waals surface area contributed by atoms with E-state index in [9.17, 15) is 17.6 Å². The van der Waals surface area contributed by atoms with Crippen LogP contribution in [0, 0.1) is 5.82 Å². The number of methoxy groups -OCH3 is 1. The molecule has 2 aromatic rings. The van der Waals surface area contributed by atoms with Gasteiger partial charge < -0.3 is 10.1 Å². The van der Waals surface area contributed by atoms with Crippen LogP contribution in [0.15, 0.2) is 47.4 Å². The van der Waals surface area contributed by atoms with E-state index in [0.717, 1.165) is 22.5 Å². The largest absolute Gasteiger partial charge is 0.497 e. The number of benzene rings is 2. The summed E-state index contributed by atoms with van der Waals surface area (Å²) in [5.74, 6) is -0.939. The standard InChI is InChI=1S/C16H17FN2O4S/c1-19(2)24(21,22)13-8-9-15(17)14(10-13)16(20)18-11-4-6-12(23-3)7-5-11/h4-10H,1-3H3,(H,18,20). The Hall–Kier alpha value is -2.45. The number of nitrogens with zero attached hydrogens (tertiary/aromatic N) is 1. The first-order valence-electron chi connectivity index (χ1n) is 6.93. The van der Waals surface area contributed by atoms with Crippen molar-refractivity contribution < 1.29 is 22.3 Å². The molecule has 1 N–H and O–H groups in total. The zero-order valence-electron chi connectivity index (χ0n) is 13.4. The van der Waals surface area contributed by atoms with E-state index in [1.807, 2.05) is 0 Å². The first-order chi connectivity index (χ1) is 11.3. The Morgan fingerprint density at radius 1 is 1.12 bits per heavy atom. The summed E-state index contributed by atoms with van der Waals surface area (Å²) in [5, 5.41) is 2.52. The van der Waals surface area contributed by atoms with Gasteiger partial charge in [-0.05, 0) is 42.5 Å². The number of hydrogen-bond acceptors (Lipinski definition) is 4. The average Bonchev–Trinajstić information content (AvgIpc) is 2.55. The van der Waals surface area contributed by atoms with Gasteiger partial charge in [-0.3, -0.25) is 4.79 Å². The molecule has 0 saturated carbocycles. The Bertz CT molecular complexity index is 849. The van der Waals surface area contributed by atoms with Gasteiger partial charge in [0.05, 0.1) is 17.6 Å². The molecule has 0 aliphatic heterocycles. The average molecular weight is 352 g/mol. The fourth-order valence-electron chi connectivity index (χ4n) is 1.92. The van der Waals surface area contributed by atoms with Gasteiger partial charge in [-0.2, -0.15) is 0 Å². The van der Waals surface area contributed by atoms with Crippen LogP contribution in [0.2, 0.25) is 0 Å². The monoisotopic (exact) mass is 352 g/mol. The number of carbonyl (C=O) groups excluding carboxylic acids is 1. The number of sulfonamides is 1. The highest BCUT2D eigenvalue weighted by molar-refractivity contribution is 7.89. The molecule has 0 heterocycles. The van der Waals surface area contributed by atoms with Crippen molar-refractivity contribution in [2.45, 2.75) is 4.90 Å². The van der Waals surface area contributed by atoms with E-state index in [0.29, 0.717) is 11.4 Å². The summed E-state index contributed by atoms with van der Waals surface area (Å²) in [7, 11) is 0.466. The second-order valence-corrected chi connectivity index (χ2v) is 7.26. The van der Waals surface area contributed by atoms with Crippen LogP contribution < -0.4 is 10.1 Å². The molecule has 0 unspecified atom stereocenters. The number of nitrogens with one attached hydrogen (secondary N) is 1. The molecule has 0 bridgehead atoms. The number of halogens is 1. The number of rotatable bonds is 5. The molecule has 0 aliphatic rings. The lowest BCUT2D eigenvalue weighted by Crippen LogP contribution is -2.23. The van der Waals surface area contributed by atoms with Gasteiger partial charge in [-0.25, -0.2) is 17.1 Å². The van der Waals surface area contributed by atoms with E-state index in [-0.39, 0.29) is 10.5 Å². The molecule has 1 amide bonds. The molecule has 128 valence electrons. The van der Waals surface area contributed by atoms with Crippen molar-refractivity contribution in [1.82, 2.24) is 4.31 Å². The van der Waals surface area contributed by atoms with Gasteiger partial charge in [0.1, 0.15) is 11.6 Å². The molecular weight excluding hydrogens is 335 g/mol. The number of hydrogen-bond donors (Lipinski definition) is 1. The SMILES string of the molecule is COc1ccc(NC(=O)c2cc(S(=O)(=O)N(C)C)ccc2F)cc1. The van der Waals surface area contributed by atoms with E-state index < -0.39 is 21.7 Å². The highest BCUT2D eigenvalue weighted by Crippen LogP contribution is 2.20. The zero-order chi connectivity index (χ0) is 17.9. The highest BCUT2D eigenvalue weighted by atomic mass is 32.2. The van der Waals surface area contributed by atoms with Gasteiger partial charge in [0, 0.05) is 19.8 Å². The molecular formula is C16H17FN2O4S. The quantitative estimate of drug-likeness (QED) is 0.896. The molecule has 0 saturated heterocycles. The van der Waals surface area contributed by atoms with Crippen LogP contribution in [-0.4, -0.2) is 39.8 Å². The van der Waals surface area contributed by atoms with E-state index in [4.69, 9.17) is 4.74 Å². The molecule has 2 rings (SSSR count). The maximum absolute atomic E-state index is 13.9. The van der Waals surface area contributed by atoms with Crippen molar-refractivity contribution in [1.29, 1.82) is 0 Å². The van der Waals surface area contributed by atoms with Crippen molar-refractivity contribution >= 4 is 21.6 Å². The summed E-state index contributed by atoms with van der Waals surface area (Å²) in [4.78, 5) is 12.1. The summed E-state index contributed by atoms with van der Waals surface area (Å²) in [6.45, 7) is 0. The smallest absolute Gasteiger partial charge is 0.258 e. The van der Waals surface area contributed by atoms with Gasteiger partial charge in [-0.1, -0.05) is 0 Å². The maximum atomic E-state index is 13.9.